The molecule has 0 spiro atoms. The van der Waals surface area contributed by atoms with E-state index >= 15 is 0 Å². The number of carboxylic acid groups (broad SMARTS) is 1. The zero-order valence-corrected chi connectivity index (χ0v) is 13.8. The Morgan fingerprint density at radius 2 is 2.00 bits per heavy atom. The lowest BCUT2D eigenvalue weighted by Crippen LogP contribution is -2.37. The highest BCUT2D eigenvalue weighted by Crippen LogP contribution is 2.26. The van der Waals surface area contributed by atoms with Gasteiger partial charge in [0.25, 0.3) is 0 Å². The fourth-order valence-corrected chi connectivity index (χ4v) is 2.56. The number of anilines is 1. The number of rotatable bonds is 4. The average Bonchev–Trinajstić information content (AvgIpc) is 2.46. The summed E-state index contributed by atoms with van der Waals surface area (Å²) in [5, 5.41) is 9.10. The second kappa shape index (κ2) is 6.60. The molecule has 6 heteroatoms. The van der Waals surface area contributed by atoms with Gasteiger partial charge < -0.3 is 14.7 Å². The van der Waals surface area contributed by atoms with E-state index in [1.165, 1.54) is 0 Å². The van der Waals surface area contributed by atoms with Crippen LogP contribution in [0, 0.1) is 5.92 Å². The molecule has 0 saturated carbocycles. The van der Waals surface area contributed by atoms with Crippen LogP contribution in [0.15, 0.2) is 6.07 Å². The summed E-state index contributed by atoms with van der Waals surface area (Å²) in [6.07, 6.45) is 1.31. The number of carboxylic acids is 1. The molecule has 0 unspecified atom stereocenters. The summed E-state index contributed by atoms with van der Waals surface area (Å²) in [4.78, 5) is 22.5. The van der Waals surface area contributed by atoms with E-state index in [1.807, 2.05) is 6.07 Å². The van der Waals surface area contributed by atoms with Crippen LogP contribution in [0.4, 0.5) is 5.82 Å². The molecule has 0 amide bonds. The number of ether oxygens (including phenoxy) is 1. The molecule has 1 aromatic heterocycles. The van der Waals surface area contributed by atoms with Gasteiger partial charge in [0, 0.05) is 31.7 Å². The third-order valence-corrected chi connectivity index (χ3v) is 3.90. The smallest absolute Gasteiger partial charge is 0.306 e. The summed E-state index contributed by atoms with van der Waals surface area (Å²) in [7, 11) is 1.65. The lowest BCUT2D eigenvalue weighted by Gasteiger charge is -2.32. The minimum Gasteiger partial charge on any atom is -0.481 e. The fourth-order valence-electron chi connectivity index (χ4n) is 2.56. The number of aliphatic carboxylic acids is 1. The number of piperidine rings is 1. The Morgan fingerprint density at radius 1 is 1.36 bits per heavy atom. The molecule has 122 valence electrons. The first kappa shape index (κ1) is 16.7. The second-order valence-electron chi connectivity index (χ2n) is 6.82. The molecule has 6 nitrogen and oxygen atoms in total. The van der Waals surface area contributed by atoms with Crippen LogP contribution in [0.1, 0.15) is 45.1 Å². The Kier molecular flexibility index (Phi) is 5.01. The quantitative estimate of drug-likeness (QED) is 0.919. The Balaban J connectivity index is 2.23. The fraction of sp³-hybridized carbons (Fsp3) is 0.688. The summed E-state index contributed by atoms with van der Waals surface area (Å²) in [6.45, 7) is 8.12. The lowest BCUT2D eigenvalue weighted by molar-refractivity contribution is -0.142. The Labute approximate surface area is 131 Å². The van der Waals surface area contributed by atoms with E-state index in [0.29, 0.717) is 32.5 Å². The molecule has 0 aliphatic carbocycles. The van der Waals surface area contributed by atoms with E-state index < -0.39 is 5.97 Å². The molecule has 2 rings (SSSR count). The molecule has 2 heterocycles. The number of hydrogen-bond donors (Lipinski definition) is 1. The van der Waals surface area contributed by atoms with E-state index in [0.717, 1.165) is 17.3 Å². The van der Waals surface area contributed by atoms with Gasteiger partial charge in [-0.05, 0) is 12.8 Å². The number of carbonyl (C=O) groups is 1. The third kappa shape index (κ3) is 3.94. The van der Waals surface area contributed by atoms with Gasteiger partial charge in [-0.15, -0.1) is 0 Å². The monoisotopic (exact) mass is 307 g/mol. The maximum absolute atomic E-state index is 11.1. The first-order valence-electron chi connectivity index (χ1n) is 7.66. The second-order valence-corrected chi connectivity index (χ2v) is 6.82. The van der Waals surface area contributed by atoms with Crippen molar-refractivity contribution in [1.82, 2.24) is 9.97 Å². The summed E-state index contributed by atoms with van der Waals surface area (Å²) >= 11 is 0. The molecule has 0 radical (unpaired) electrons. The molecule has 1 aromatic rings. The van der Waals surface area contributed by atoms with Crippen molar-refractivity contribution in [3.05, 3.63) is 17.6 Å². The van der Waals surface area contributed by atoms with Crippen LogP contribution in [-0.2, 0) is 21.6 Å². The van der Waals surface area contributed by atoms with E-state index in [4.69, 9.17) is 14.8 Å². The topological polar surface area (TPSA) is 75.5 Å². The van der Waals surface area contributed by atoms with Crippen LogP contribution in [-0.4, -0.2) is 41.2 Å². The van der Waals surface area contributed by atoms with Crippen molar-refractivity contribution in [2.45, 2.75) is 45.6 Å². The van der Waals surface area contributed by atoms with Gasteiger partial charge in [-0.3, -0.25) is 4.79 Å². The van der Waals surface area contributed by atoms with Crippen LogP contribution in [0.2, 0.25) is 0 Å². The van der Waals surface area contributed by atoms with Gasteiger partial charge in [0.15, 0.2) is 0 Å². The van der Waals surface area contributed by atoms with Gasteiger partial charge in [0.1, 0.15) is 11.6 Å². The van der Waals surface area contributed by atoms with E-state index in [2.05, 4.69) is 30.7 Å². The highest BCUT2D eigenvalue weighted by Gasteiger charge is 2.27. The van der Waals surface area contributed by atoms with Gasteiger partial charge >= 0.3 is 5.97 Å². The standard InChI is InChI=1S/C16H25N3O3/c1-16(2,3)15-17-12(10-22-4)9-13(18-15)19-7-5-11(6-8-19)14(20)21/h9,11H,5-8,10H2,1-4H3,(H,20,21). The molecule has 1 aliphatic rings. The normalized spacial score (nSPS) is 16.8. The molecule has 1 N–H and O–H groups in total. The van der Waals surface area contributed by atoms with Crippen LogP contribution in [0.5, 0.6) is 0 Å². The highest BCUT2D eigenvalue weighted by molar-refractivity contribution is 5.70. The molecular weight excluding hydrogens is 282 g/mol. The molecule has 1 saturated heterocycles. The van der Waals surface area contributed by atoms with Crippen LogP contribution in [0.25, 0.3) is 0 Å². The van der Waals surface area contributed by atoms with Gasteiger partial charge in [0.2, 0.25) is 0 Å². The maximum atomic E-state index is 11.1. The lowest BCUT2D eigenvalue weighted by atomic mass is 9.95. The number of aromatic nitrogens is 2. The van der Waals surface area contributed by atoms with Crippen molar-refractivity contribution in [2.24, 2.45) is 5.92 Å². The Hall–Kier alpha value is -1.69. The Morgan fingerprint density at radius 3 is 2.50 bits per heavy atom. The summed E-state index contributed by atoms with van der Waals surface area (Å²) in [6, 6.07) is 1.94. The van der Waals surface area contributed by atoms with Crippen molar-refractivity contribution >= 4 is 11.8 Å². The minimum atomic E-state index is -0.696. The zero-order valence-electron chi connectivity index (χ0n) is 13.8. The SMILES string of the molecule is COCc1cc(N2CCC(C(=O)O)CC2)nc(C(C)(C)C)n1. The average molecular weight is 307 g/mol. The number of nitrogens with zero attached hydrogens (tertiary/aromatic N) is 3. The van der Waals surface area contributed by atoms with Gasteiger partial charge in [-0.25, -0.2) is 9.97 Å². The zero-order chi connectivity index (χ0) is 16.3. The van der Waals surface area contributed by atoms with Crippen LogP contribution >= 0.6 is 0 Å². The van der Waals surface area contributed by atoms with Gasteiger partial charge in [-0.1, -0.05) is 20.8 Å². The largest absolute Gasteiger partial charge is 0.481 e. The molecule has 22 heavy (non-hydrogen) atoms. The van der Waals surface area contributed by atoms with Crippen molar-refractivity contribution in [3.63, 3.8) is 0 Å². The third-order valence-electron chi connectivity index (χ3n) is 3.90. The molecule has 0 atom stereocenters. The molecule has 0 aromatic carbocycles. The maximum Gasteiger partial charge on any atom is 0.306 e. The number of methoxy groups -OCH3 is 1. The minimum absolute atomic E-state index is 0.141. The highest BCUT2D eigenvalue weighted by atomic mass is 16.5. The molecule has 0 bridgehead atoms. The van der Waals surface area contributed by atoms with Crippen molar-refractivity contribution < 1.29 is 14.6 Å². The molecule has 1 fully saturated rings. The van der Waals surface area contributed by atoms with E-state index in [9.17, 15) is 4.79 Å². The molecule has 1 aliphatic heterocycles. The first-order chi connectivity index (χ1) is 10.3. The van der Waals surface area contributed by atoms with Crippen molar-refractivity contribution in [2.75, 3.05) is 25.1 Å². The van der Waals surface area contributed by atoms with E-state index in [-0.39, 0.29) is 11.3 Å². The Bertz CT molecular complexity index is 532. The van der Waals surface area contributed by atoms with Crippen LogP contribution in [0.3, 0.4) is 0 Å². The van der Waals surface area contributed by atoms with Gasteiger partial charge in [-0.2, -0.15) is 0 Å². The molecular formula is C16H25N3O3. The summed E-state index contributed by atoms with van der Waals surface area (Å²) in [5.41, 5.74) is 0.718. The predicted molar refractivity (Wildman–Crippen MR) is 84.0 cm³/mol. The van der Waals surface area contributed by atoms with E-state index in [1.54, 1.807) is 7.11 Å². The first-order valence-corrected chi connectivity index (χ1v) is 7.66. The van der Waals surface area contributed by atoms with Crippen molar-refractivity contribution in [3.8, 4) is 0 Å². The van der Waals surface area contributed by atoms with Crippen molar-refractivity contribution in [1.29, 1.82) is 0 Å². The summed E-state index contributed by atoms with van der Waals surface area (Å²) in [5.74, 6) is 0.727. The van der Waals surface area contributed by atoms with Crippen LogP contribution < -0.4 is 4.90 Å². The summed E-state index contributed by atoms with van der Waals surface area (Å²) < 4.78 is 5.20. The predicted octanol–water partition coefficient (Wildman–Crippen LogP) is 2.22. The van der Waals surface area contributed by atoms with Gasteiger partial charge in [0.05, 0.1) is 18.2 Å². The number of hydrogen-bond acceptors (Lipinski definition) is 5.